The smallest absolute Gasteiger partial charge is 0.290 e. The van der Waals surface area contributed by atoms with E-state index in [0.717, 1.165) is 11.2 Å². The number of halogens is 1. The molecule has 0 bridgehead atoms. The lowest BCUT2D eigenvalue weighted by molar-refractivity contribution is -2.00. The fourth-order valence-corrected chi connectivity index (χ4v) is 1.61. The molecule has 0 spiro atoms. The van der Waals surface area contributed by atoms with Gasteiger partial charge in [-0.25, -0.2) is 38.6 Å². The Kier molecular flexibility index (Phi) is 8.83. The van der Waals surface area contributed by atoms with E-state index in [2.05, 4.69) is 39.9 Å². The van der Waals surface area contributed by atoms with Gasteiger partial charge in [0.2, 0.25) is 12.1 Å². The van der Waals surface area contributed by atoms with E-state index in [9.17, 15) is 0 Å². The summed E-state index contributed by atoms with van der Waals surface area (Å²) in [7, 11) is -4.94. The first kappa shape index (κ1) is 23.8. The third-order valence-electron chi connectivity index (χ3n) is 2.55. The van der Waals surface area contributed by atoms with Crippen LogP contribution >= 0.6 is 0 Å². The van der Waals surface area contributed by atoms with Crippen molar-refractivity contribution in [1.29, 1.82) is 0 Å². The standard InChI is InChI=1S/2C5H5N5.ClHO4.2H2O/c2*6-4-3-5(9-1-7-3)10-2-8-4;2-1(3,4)5;;/h2*1-2H,(H3,6,7,8,9,10);(H,2,3,4,5);2*1H2. The van der Waals surface area contributed by atoms with Crippen LogP contribution in [-0.2, 0) is 0 Å². The average Bonchev–Trinajstić information content (AvgIpc) is 3.16. The summed E-state index contributed by atoms with van der Waals surface area (Å²) in [6, 6.07) is 0. The van der Waals surface area contributed by atoms with Gasteiger partial charge in [0, 0.05) is 0 Å². The molecule has 17 heteroatoms. The van der Waals surface area contributed by atoms with Crippen molar-refractivity contribution in [1.82, 2.24) is 34.9 Å². The predicted octanol–water partition coefficient (Wildman–Crippen LogP) is -7.12. The van der Waals surface area contributed by atoms with Gasteiger partial charge in [0.1, 0.15) is 11.8 Å². The SMILES string of the molecule is Nc1nc[nH+]c2nc[nH]c12.Nc1ncnc2nc[nH]c12.O.O.[O-][Cl+3]([O-])([O-])[O-]. The van der Waals surface area contributed by atoms with Gasteiger partial charge in [-0.1, -0.05) is 9.97 Å². The highest BCUT2D eigenvalue weighted by molar-refractivity contribution is 5.80. The molecule has 27 heavy (non-hydrogen) atoms. The van der Waals surface area contributed by atoms with Crippen molar-refractivity contribution in [3.05, 3.63) is 25.3 Å². The Balaban J connectivity index is 0.000000384. The summed E-state index contributed by atoms with van der Waals surface area (Å²) >= 11 is 0. The van der Waals surface area contributed by atoms with E-state index in [4.69, 9.17) is 30.1 Å². The Hall–Kier alpha value is -3.25. The summed E-state index contributed by atoms with van der Waals surface area (Å²) in [6.45, 7) is 0. The zero-order valence-corrected chi connectivity index (χ0v) is 14.0. The molecular formula is C10H15ClN10O6. The van der Waals surface area contributed by atoms with Gasteiger partial charge in [-0.2, -0.15) is 0 Å². The van der Waals surface area contributed by atoms with E-state index in [0.29, 0.717) is 22.8 Å². The van der Waals surface area contributed by atoms with E-state index in [1.165, 1.54) is 19.0 Å². The number of aromatic nitrogens is 8. The number of nitrogen functional groups attached to an aromatic ring is 2. The van der Waals surface area contributed by atoms with E-state index in [1.54, 1.807) is 6.33 Å². The molecule has 4 rings (SSSR count). The van der Waals surface area contributed by atoms with Crippen LogP contribution < -0.4 is 35.1 Å². The Morgan fingerprint density at radius 3 is 1.96 bits per heavy atom. The van der Waals surface area contributed by atoms with E-state index in [1.807, 2.05) is 0 Å². The summed E-state index contributed by atoms with van der Waals surface area (Å²) in [5.74, 6) is 0.897. The Morgan fingerprint density at radius 2 is 1.37 bits per heavy atom. The first-order valence-electron chi connectivity index (χ1n) is 6.22. The summed E-state index contributed by atoms with van der Waals surface area (Å²) < 4.78 is 34.0. The molecule has 0 amide bonds. The average molecular weight is 407 g/mol. The molecule has 4 aromatic heterocycles. The maximum atomic E-state index is 8.49. The largest absolute Gasteiger partial charge is 0.412 e. The van der Waals surface area contributed by atoms with Crippen LogP contribution in [0.2, 0.25) is 0 Å². The lowest BCUT2D eigenvalue weighted by atomic mass is 10.5. The molecule has 0 saturated heterocycles. The van der Waals surface area contributed by atoms with Crippen LogP contribution in [0.15, 0.2) is 25.3 Å². The van der Waals surface area contributed by atoms with Gasteiger partial charge in [0.25, 0.3) is 5.65 Å². The fraction of sp³-hybridized carbons (Fsp3) is 0. The van der Waals surface area contributed by atoms with Crippen LogP contribution in [0.1, 0.15) is 0 Å². The number of aromatic amines is 3. The molecule has 4 aromatic rings. The Bertz CT molecular complexity index is 878. The molecule has 0 aliphatic carbocycles. The first-order valence-corrected chi connectivity index (χ1v) is 7.45. The molecular weight excluding hydrogens is 392 g/mol. The zero-order valence-electron chi connectivity index (χ0n) is 13.2. The van der Waals surface area contributed by atoms with Crippen molar-refractivity contribution in [2.24, 2.45) is 0 Å². The van der Waals surface area contributed by atoms with Gasteiger partial charge in [0.15, 0.2) is 23.3 Å². The molecule has 0 aliphatic heterocycles. The normalized spacial score (nSPS) is 9.93. The summed E-state index contributed by atoms with van der Waals surface area (Å²) in [4.78, 5) is 27.8. The van der Waals surface area contributed by atoms with Gasteiger partial charge in [0.05, 0.1) is 6.33 Å². The molecule has 0 saturated carbocycles. The lowest BCUT2D eigenvalue weighted by Crippen LogP contribution is -2.68. The number of hydrogen-bond acceptors (Lipinski definition) is 11. The topological polar surface area (TPSA) is 317 Å². The molecule has 0 fully saturated rings. The molecule has 148 valence electrons. The quantitative estimate of drug-likeness (QED) is 0.212. The minimum absolute atomic E-state index is 0. The second-order valence-electron chi connectivity index (χ2n) is 4.15. The van der Waals surface area contributed by atoms with Crippen molar-refractivity contribution in [2.75, 3.05) is 11.5 Å². The second-order valence-corrected chi connectivity index (χ2v) is 4.91. The number of hydrogen-bond donors (Lipinski definition) is 4. The minimum Gasteiger partial charge on any atom is -0.412 e. The van der Waals surface area contributed by atoms with Gasteiger partial charge >= 0.3 is 0 Å². The highest BCUT2D eigenvalue weighted by Crippen LogP contribution is 2.09. The number of anilines is 2. The Morgan fingerprint density at radius 1 is 0.815 bits per heavy atom. The van der Waals surface area contributed by atoms with Crippen LogP contribution in [0.3, 0.4) is 0 Å². The van der Waals surface area contributed by atoms with Crippen molar-refractivity contribution >= 4 is 34.0 Å². The lowest BCUT2D eigenvalue weighted by Gasteiger charge is -2.17. The summed E-state index contributed by atoms with van der Waals surface area (Å²) in [5, 5.41) is 0. The molecule has 0 radical (unpaired) electrons. The van der Waals surface area contributed by atoms with Crippen molar-refractivity contribution in [3.63, 3.8) is 0 Å². The second kappa shape index (κ2) is 10.0. The number of rotatable bonds is 0. The minimum atomic E-state index is -4.94. The highest BCUT2D eigenvalue weighted by Gasteiger charge is 2.06. The monoisotopic (exact) mass is 406 g/mol. The van der Waals surface area contributed by atoms with Crippen LogP contribution in [0.5, 0.6) is 0 Å². The third-order valence-corrected chi connectivity index (χ3v) is 2.55. The maximum Gasteiger partial charge on any atom is 0.290 e. The third kappa shape index (κ3) is 7.25. The van der Waals surface area contributed by atoms with E-state index >= 15 is 0 Å². The van der Waals surface area contributed by atoms with Crippen LogP contribution in [-0.4, -0.2) is 45.8 Å². The van der Waals surface area contributed by atoms with Crippen LogP contribution in [0, 0.1) is 10.2 Å². The van der Waals surface area contributed by atoms with E-state index < -0.39 is 10.2 Å². The Labute approximate surface area is 151 Å². The number of H-pyrrole nitrogens is 3. The van der Waals surface area contributed by atoms with Gasteiger partial charge in [-0.3, -0.25) is 0 Å². The number of fused-ring (bicyclic) bond motifs is 2. The van der Waals surface area contributed by atoms with E-state index in [-0.39, 0.29) is 11.0 Å². The zero-order chi connectivity index (χ0) is 18.4. The molecule has 4 heterocycles. The maximum absolute atomic E-state index is 8.49. The fourth-order valence-electron chi connectivity index (χ4n) is 1.61. The molecule has 0 aromatic carbocycles. The molecule has 0 aliphatic rings. The number of nitrogens with one attached hydrogen (secondary N) is 3. The van der Waals surface area contributed by atoms with Gasteiger partial charge in [-0.15, -0.1) is 10.2 Å². The van der Waals surface area contributed by atoms with Crippen LogP contribution in [0.4, 0.5) is 11.6 Å². The summed E-state index contributed by atoms with van der Waals surface area (Å²) in [6.07, 6.45) is 6.01. The summed E-state index contributed by atoms with van der Waals surface area (Å²) in [5.41, 5.74) is 13.8. The van der Waals surface area contributed by atoms with Crippen molar-refractivity contribution in [3.8, 4) is 0 Å². The van der Waals surface area contributed by atoms with Gasteiger partial charge < -0.3 is 32.4 Å². The van der Waals surface area contributed by atoms with Gasteiger partial charge in [-0.05, 0) is 0 Å². The molecule has 16 nitrogen and oxygen atoms in total. The number of nitrogens with zero attached hydrogens (tertiary/aromatic N) is 5. The number of imidazole rings is 2. The van der Waals surface area contributed by atoms with Crippen molar-refractivity contribution in [2.45, 2.75) is 0 Å². The van der Waals surface area contributed by atoms with Crippen LogP contribution in [0.25, 0.3) is 22.3 Å². The molecule has 0 unspecified atom stereocenters. The first-order chi connectivity index (χ1) is 11.8. The van der Waals surface area contributed by atoms with Crippen molar-refractivity contribution < 1.29 is 44.8 Å². The predicted molar refractivity (Wildman–Crippen MR) is 78.2 cm³/mol. The number of nitrogens with two attached hydrogens (primary N) is 2. The molecule has 0 atom stereocenters. The highest BCUT2D eigenvalue weighted by atomic mass is 35.7. The molecule has 11 N–H and O–H groups in total.